The second-order valence-electron chi connectivity index (χ2n) is 4.64. The summed E-state index contributed by atoms with van der Waals surface area (Å²) in [6.45, 7) is 2.10. The van der Waals surface area contributed by atoms with E-state index < -0.39 is 0 Å². The number of nitrogens with zero attached hydrogens (tertiary/aromatic N) is 1. The molecule has 0 aliphatic rings. The fraction of sp³-hybridized carbons (Fsp3) is 0.0556. The van der Waals surface area contributed by atoms with Crippen molar-refractivity contribution in [3.8, 4) is 22.5 Å². The van der Waals surface area contributed by atoms with Crippen LogP contribution in [-0.2, 0) is 0 Å². The van der Waals surface area contributed by atoms with E-state index in [1.165, 1.54) is 5.56 Å². The highest BCUT2D eigenvalue weighted by Gasteiger charge is 2.02. The van der Waals surface area contributed by atoms with E-state index in [0.717, 1.165) is 22.5 Å². The van der Waals surface area contributed by atoms with Crippen LogP contribution in [0.4, 0.5) is 0 Å². The summed E-state index contributed by atoms with van der Waals surface area (Å²) in [5.41, 5.74) is 5.60. The molecule has 1 heteroatoms. The summed E-state index contributed by atoms with van der Waals surface area (Å²) in [4.78, 5) is 4.75. The van der Waals surface area contributed by atoms with Gasteiger partial charge in [-0.3, -0.25) is 0 Å². The van der Waals surface area contributed by atoms with Gasteiger partial charge in [-0.25, -0.2) is 4.98 Å². The largest absolute Gasteiger partial charge is 0.248 e. The highest BCUT2D eigenvalue weighted by atomic mass is 14.7. The summed E-state index contributed by atoms with van der Waals surface area (Å²) >= 11 is 0. The van der Waals surface area contributed by atoms with Gasteiger partial charge in [0, 0.05) is 11.1 Å². The molecule has 0 unspecified atom stereocenters. The zero-order valence-electron chi connectivity index (χ0n) is 10.9. The zero-order valence-corrected chi connectivity index (χ0v) is 10.9. The zero-order chi connectivity index (χ0) is 13.1. The Morgan fingerprint density at radius 3 is 2.00 bits per heavy atom. The molecule has 2 aromatic carbocycles. The molecule has 0 N–H and O–H groups in total. The van der Waals surface area contributed by atoms with Gasteiger partial charge in [-0.1, -0.05) is 60.2 Å². The molecule has 1 heterocycles. The van der Waals surface area contributed by atoms with Gasteiger partial charge in [-0.2, -0.15) is 0 Å². The SMILES string of the molecule is Cc1cccc(-c2cccc(-c3ccccc3)n2)c1. The number of hydrogen-bond acceptors (Lipinski definition) is 1. The smallest absolute Gasteiger partial charge is 0.0709 e. The Bertz CT molecular complexity index is 687. The molecule has 0 bridgehead atoms. The maximum Gasteiger partial charge on any atom is 0.0709 e. The van der Waals surface area contributed by atoms with Crippen molar-refractivity contribution in [3.05, 3.63) is 78.4 Å². The summed E-state index contributed by atoms with van der Waals surface area (Å²) in [5.74, 6) is 0. The Morgan fingerprint density at radius 1 is 0.632 bits per heavy atom. The van der Waals surface area contributed by atoms with Crippen LogP contribution in [0.15, 0.2) is 72.8 Å². The average molecular weight is 245 g/mol. The van der Waals surface area contributed by atoms with E-state index in [0.29, 0.717) is 0 Å². The molecule has 19 heavy (non-hydrogen) atoms. The molecule has 0 radical (unpaired) electrons. The third kappa shape index (κ3) is 2.55. The summed E-state index contributed by atoms with van der Waals surface area (Å²) in [7, 11) is 0. The molecule has 3 rings (SSSR count). The number of benzene rings is 2. The highest BCUT2D eigenvalue weighted by Crippen LogP contribution is 2.22. The minimum absolute atomic E-state index is 1.01. The first-order chi connectivity index (χ1) is 9.33. The molecule has 0 aliphatic carbocycles. The van der Waals surface area contributed by atoms with Gasteiger partial charge >= 0.3 is 0 Å². The molecule has 92 valence electrons. The first-order valence-electron chi connectivity index (χ1n) is 6.42. The number of rotatable bonds is 2. The lowest BCUT2D eigenvalue weighted by Gasteiger charge is -2.05. The maximum atomic E-state index is 4.75. The van der Waals surface area contributed by atoms with Gasteiger partial charge in [0.05, 0.1) is 11.4 Å². The van der Waals surface area contributed by atoms with Gasteiger partial charge < -0.3 is 0 Å². The lowest BCUT2D eigenvalue weighted by molar-refractivity contribution is 1.32. The Hall–Kier alpha value is -2.41. The molecule has 0 saturated carbocycles. The van der Waals surface area contributed by atoms with Crippen molar-refractivity contribution in [2.75, 3.05) is 0 Å². The van der Waals surface area contributed by atoms with Crippen molar-refractivity contribution < 1.29 is 0 Å². The molecule has 1 aromatic heterocycles. The standard InChI is InChI=1S/C18H15N/c1-14-7-5-10-16(13-14)18-12-6-11-17(19-18)15-8-3-2-4-9-15/h2-13H,1H3. The van der Waals surface area contributed by atoms with Crippen LogP contribution in [0.25, 0.3) is 22.5 Å². The number of aryl methyl sites for hydroxylation is 1. The van der Waals surface area contributed by atoms with Crippen molar-refractivity contribution in [2.45, 2.75) is 6.92 Å². The average Bonchev–Trinajstić information content (AvgIpc) is 2.48. The van der Waals surface area contributed by atoms with Gasteiger partial charge in [0.1, 0.15) is 0 Å². The van der Waals surface area contributed by atoms with E-state index in [4.69, 9.17) is 4.98 Å². The summed E-state index contributed by atoms with van der Waals surface area (Å²) in [6.07, 6.45) is 0. The molecule has 0 spiro atoms. The second-order valence-corrected chi connectivity index (χ2v) is 4.64. The summed E-state index contributed by atoms with van der Waals surface area (Å²) in [6, 6.07) is 24.9. The fourth-order valence-corrected chi connectivity index (χ4v) is 2.17. The van der Waals surface area contributed by atoms with Crippen LogP contribution < -0.4 is 0 Å². The van der Waals surface area contributed by atoms with Crippen molar-refractivity contribution >= 4 is 0 Å². The normalized spacial score (nSPS) is 10.4. The van der Waals surface area contributed by atoms with E-state index in [1.807, 2.05) is 18.2 Å². The molecule has 0 amide bonds. The molecular weight excluding hydrogens is 230 g/mol. The van der Waals surface area contributed by atoms with Crippen LogP contribution in [-0.4, -0.2) is 4.98 Å². The van der Waals surface area contributed by atoms with Crippen LogP contribution in [0.1, 0.15) is 5.56 Å². The van der Waals surface area contributed by atoms with Crippen LogP contribution in [0.3, 0.4) is 0 Å². The van der Waals surface area contributed by atoms with Crippen LogP contribution >= 0.6 is 0 Å². The fourth-order valence-electron chi connectivity index (χ4n) is 2.17. The number of aromatic nitrogens is 1. The van der Waals surface area contributed by atoms with Crippen LogP contribution in [0.2, 0.25) is 0 Å². The minimum Gasteiger partial charge on any atom is -0.248 e. The van der Waals surface area contributed by atoms with Gasteiger partial charge in [0.2, 0.25) is 0 Å². The highest BCUT2D eigenvalue weighted by molar-refractivity contribution is 5.66. The summed E-state index contributed by atoms with van der Waals surface area (Å²) < 4.78 is 0. The topological polar surface area (TPSA) is 12.9 Å². The van der Waals surface area contributed by atoms with E-state index >= 15 is 0 Å². The van der Waals surface area contributed by atoms with Gasteiger partial charge in [-0.05, 0) is 25.1 Å². The van der Waals surface area contributed by atoms with Crippen molar-refractivity contribution in [1.82, 2.24) is 4.98 Å². The van der Waals surface area contributed by atoms with Gasteiger partial charge in [0.25, 0.3) is 0 Å². The second kappa shape index (κ2) is 5.07. The third-order valence-corrected chi connectivity index (χ3v) is 3.13. The van der Waals surface area contributed by atoms with Gasteiger partial charge in [-0.15, -0.1) is 0 Å². The first kappa shape index (κ1) is 11.7. The predicted molar refractivity (Wildman–Crippen MR) is 79.8 cm³/mol. The van der Waals surface area contributed by atoms with Crippen molar-refractivity contribution in [1.29, 1.82) is 0 Å². The lowest BCUT2D eigenvalue weighted by atomic mass is 10.1. The van der Waals surface area contributed by atoms with Crippen LogP contribution in [0, 0.1) is 6.92 Å². The van der Waals surface area contributed by atoms with Crippen molar-refractivity contribution in [3.63, 3.8) is 0 Å². The lowest BCUT2D eigenvalue weighted by Crippen LogP contribution is -1.88. The minimum atomic E-state index is 1.01. The predicted octanol–water partition coefficient (Wildman–Crippen LogP) is 4.72. The van der Waals surface area contributed by atoms with E-state index in [9.17, 15) is 0 Å². The monoisotopic (exact) mass is 245 g/mol. The van der Waals surface area contributed by atoms with Crippen molar-refractivity contribution in [2.24, 2.45) is 0 Å². The molecular formula is C18H15N. The Morgan fingerprint density at radius 2 is 1.26 bits per heavy atom. The molecule has 0 fully saturated rings. The Balaban J connectivity index is 2.06. The number of hydrogen-bond donors (Lipinski definition) is 0. The molecule has 0 saturated heterocycles. The molecule has 0 atom stereocenters. The Kier molecular flexibility index (Phi) is 3.11. The molecule has 1 nitrogen and oxygen atoms in total. The van der Waals surface area contributed by atoms with E-state index in [2.05, 4.69) is 61.5 Å². The molecule has 0 aliphatic heterocycles. The third-order valence-electron chi connectivity index (χ3n) is 3.13. The Labute approximate surface area is 113 Å². The van der Waals surface area contributed by atoms with Gasteiger partial charge in [0.15, 0.2) is 0 Å². The number of pyridine rings is 1. The van der Waals surface area contributed by atoms with E-state index in [1.54, 1.807) is 0 Å². The quantitative estimate of drug-likeness (QED) is 0.636. The van der Waals surface area contributed by atoms with E-state index in [-0.39, 0.29) is 0 Å². The summed E-state index contributed by atoms with van der Waals surface area (Å²) in [5, 5.41) is 0. The maximum absolute atomic E-state index is 4.75. The molecule has 3 aromatic rings. The van der Waals surface area contributed by atoms with Crippen LogP contribution in [0.5, 0.6) is 0 Å². The first-order valence-corrected chi connectivity index (χ1v) is 6.42.